The van der Waals surface area contributed by atoms with E-state index in [0.29, 0.717) is 42.4 Å². The van der Waals surface area contributed by atoms with Gasteiger partial charge < -0.3 is 26.1 Å². The van der Waals surface area contributed by atoms with E-state index >= 15 is 0 Å². The molecule has 8 nitrogen and oxygen atoms in total. The van der Waals surface area contributed by atoms with Gasteiger partial charge in [0.25, 0.3) is 0 Å². The number of aromatic amines is 1. The molecule has 0 bridgehead atoms. The summed E-state index contributed by atoms with van der Waals surface area (Å²) in [6.45, 7) is 2.70. The van der Waals surface area contributed by atoms with Crippen molar-refractivity contribution >= 4 is 34.4 Å². The highest BCUT2D eigenvalue weighted by molar-refractivity contribution is 6.00. The molecular formula is C28H34N4O4. The Morgan fingerprint density at radius 2 is 1.81 bits per heavy atom. The van der Waals surface area contributed by atoms with Crippen LogP contribution in [0, 0.1) is 11.8 Å². The lowest BCUT2D eigenvalue weighted by Gasteiger charge is -2.28. The number of hydrogen-bond donors (Lipinski definition) is 4. The highest BCUT2D eigenvalue weighted by Gasteiger charge is 2.29. The maximum absolute atomic E-state index is 13.3. The van der Waals surface area contributed by atoms with Crippen molar-refractivity contribution in [1.82, 2.24) is 10.3 Å². The number of amides is 2. The molecule has 1 aromatic heterocycles. The molecular weight excluding hydrogens is 456 g/mol. The minimum atomic E-state index is -0.721. The third-order valence-corrected chi connectivity index (χ3v) is 6.85. The fourth-order valence-corrected chi connectivity index (χ4v) is 4.76. The number of anilines is 1. The Hall–Kier alpha value is -3.65. The first kappa shape index (κ1) is 25.4. The maximum atomic E-state index is 13.3. The number of carbonyl (C=O) groups excluding carboxylic acids is 3. The predicted octanol–water partition coefficient (Wildman–Crippen LogP) is 3.78. The van der Waals surface area contributed by atoms with Crippen LogP contribution < -0.4 is 16.4 Å². The molecule has 3 aromatic rings. The molecule has 0 spiro atoms. The number of rotatable bonds is 9. The van der Waals surface area contributed by atoms with Gasteiger partial charge in [0.1, 0.15) is 11.7 Å². The molecule has 0 radical (unpaired) electrons. The van der Waals surface area contributed by atoms with Gasteiger partial charge in [0.05, 0.1) is 6.61 Å². The number of nitrogens with one attached hydrogen (secondary N) is 3. The Morgan fingerprint density at radius 3 is 2.50 bits per heavy atom. The van der Waals surface area contributed by atoms with E-state index in [4.69, 9.17) is 10.5 Å². The molecule has 1 heterocycles. The molecule has 1 atom stereocenters. The van der Waals surface area contributed by atoms with Crippen LogP contribution in [0.2, 0.25) is 0 Å². The van der Waals surface area contributed by atoms with Gasteiger partial charge >= 0.3 is 5.97 Å². The van der Waals surface area contributed by atoms with Crippen molar-refractivity contribution in [2.75, 3.05) is 18.5 Å². The quantitative estimate of drug-likeness (QED) is 0.340. The number of fused-ring (bicyclic) bond motifs is 1. The normalized spacial score (nSPS) is 18.4. The van der Waals surface area contributed by atoms with Crippen molar-refractivity contribution < 1.29 is 19.1 Å². The lowest BCUT2D eigenvalue weighted by Crippen LogP contribution is -2.48. The monoisotopic (exact) mass is 490 g/mol. The Labute approximate surface area is 211 Å². The predicted molar refractivity (Wildman–Crippen MR) is 139 cm³/mol. The van der Waals surface area contributed by atoms with Crippen LogP contribution in [0.5, 0.6) is 0 Å². The van der Waals surface area contributed by atoms with E-state index in [0.717, 1.165) is 36.6 Å². The molecule has 1 aliphatic rings. The van der Waals surface area contributed by atoms with Gasteiger partial charge in [-0.1, -0.05) is 36.4 Å². The number of esters is 1. The highest BCUT2D eigenvalue weighted by atomic mass is 16.5. The third-order valence-electron chi connectivity index (χ3n) is 6.85. The number of ether oxygens (including phenoxy) is 1. The highest BCUT2D eigenvalue weighted by Crippen LogP contribution is 2.28. The van der Waals surface area contributed by atoms with E-state index in [2.05, 4.69) is 15.6 Å². The average Bonchev–Trinajstić information content (AvgIpc) is 3.33. The fraction of sp³-hybridized carbons (Fsp3) is 0.393. The Bertz CT molecular complexity index is 1200. The topological polar surface area (TPSA) is 126 Å². The van der Waals surface area contributed by atoms with Crippen molar-refractivity contribution in [2.24, 2.45) is 17.6 Å². The molecule has 190 valence electrons. The van der Waals surface area contributed by atoms with Gasteiger partial charge in [-0.15, -0.1) is 0 Å². The van der Waals surface area contributed by atoms with E-state index in [1.807, 2.05) is 36.4 Å². The van der Waals surface area contributed by atoms with Crippen LogP contribution in [-0.2, 0) is 20.7 Å². The molecule has 0 aliphatic heterocycles. The van der Waals surface area contributed by atoms with Crippen LogP contribution >= 0.6 is 0 Å². The average molecular weight is 491 g/mol. The summed E-state index contributed by atoms with van der Waals surface area (Å²) in [5.41, 5.74) is 8.38. The Balaban J connectivity index is 1.48. The summed E-state index contributed by atoms with van der Waals surface area (Å²) in [7, 11) is 0. The molecule has 0 saturated heterocycles. The van der Waals surface area contributed by atoms with Crippen LogP contribution in [0.4, 0.5) is 5.69 Å². The second kappa shape index (κ2) is 11.9. The van der Waals surface area contributed by atoms with Gasteiger partial charge in [0.15, 0.2) is 0 Å². The van der Waals surface area contributed by atoms with Crippen LogP contribution in [0.3, 0.4) is 0 Å². The summed E-state index contributed by atoms with van der Waals surface area (Å²) in [6, 6.07) is 16.0. The van der Waals surface area contributed by atoms with Crippen molar-refractivity contribution in [3.05, 3.63) is 65.9 Å². The second-order valence-electron chi connectivity index (χ2n) is 9.40. The molecule has 8 heteroatoms. The molecule has 2 aromatic carbocycles. The smallest absolute Gasteiger partial charge is 0.354 e. The third kappa shape index (κ3) is 6.31. The molecule has 4 rings (SSSR count). The fourth-order valence-electron chi connectivity index (χ4n) is 4.76. The van der Waals surface area contributed by atoms with E-state index in [1.54, 1.807) is 25.1 Å². The number of carbonyl (C=O) groups is 3. The van der Waals surface area contributed by atoms with Crippen LogP contribution in [0.15, 0.2) is 54.6 Å². The standard InChI is InChI=1S/C28H34N4O4/c1-2-36-28(35)25-15-21-12-13-22(16-23(21)31-25)30-27(34)24(14-18-6-4-3-5-7-18)32-26(33)20-10-8-19(17-29)9-11-20/h3-7,12-13,15-16,19-20,24,31H,2,8-11,14,17,29H2,1H3,(H,30,34)(H,32,33)/t19?,20?,24-/m1/s1. The van der Waals surface area contributed by atoms with Crippen LogP contribution in [0.25, 0.3) is 10.9 Å². The summed E-state index contributed by atoms with van der Waals surface area (Å²) < 4.78 is 5.05. The molecule has 5 N–H and O–H groups in total. The maximum Gasteiger partial charge on any atom is 0.354 e. The number of hydrogen-bond acceptors (Lipinski definition) is 5. The zero-order chi connectivity index (χ0) is 25.5. The molecule has 1 fully saturated rings. The lowest BCUT2D eigenvalue weighted by atomic mass is 9.81. The van der Waals surface area contributed by atoms with Crippen molar-refractivity contribution in [3.8, 4) is 0 Å². The summed E-state index contributed by atoms with van der Waals surface area (Å²) in [5, 5.41) is 6.78. The summed E-state index contributed by atoms with van der Waals surface area (Å²) in [6.07, 6.45) is 3.84. The van der Waals surface area contributed by atoms with Crippen molar-refractivity contribution in [2.45, 2.75) is 45.1 Å². The number of nitrogens with two attached hydrogens (primary N) is 1. The molecule has 36 heavy (non-hydrogen) atoms. The van der Waals surface area contributed by atoms with Crippen molar-refractivity contribution in [3.63, 3.8) is 0 Å². The van der Waals surface area contributed by atoms with E-state index in [1.165, 1.54) is 0 Å². The van der Waals surface area contributed by atoms with Gasteiger partial charge in [0, 0.05) is 28.9 Å². The lowest BCUT2D eigenvalue weighted by molar-refractivity contribution is -0.130. The van der Waals surface area contributed by atoms with E-state index in [9.17, 15) is 14.4 Å². The second-order valence-corrected chi connectivity index (χ2v) is 9.40. The summed E-state index contributed by atoms with van der Waals surface area (Å²) in [4.78, 5) is 41.5. The van der Waals surface area contributed by atoms with Crippen molar-refractivity contribution in [1.29, 1.82) is 0 Å². The van der Waals surface area contributed by atoms with Gasteiger partial charge in [-0.25, -0.2) is 4.79 Å². The number of benzene rings is 2. The number of aromatic nitrogens is 1. The zero-order valence-corrected chi connectivity index (χ0v) is 20.6. The Morgan fingerprint density at radius 1 is 1.06 bits per heavy atom. The SMILES string of the molecule is CCOC(=O)c1cc2ccc(NC(=O)[C@@H](Cc3ccccc3)NC(=O)C3CCC(CN)CC3)cc2[nH]1. The van der Waals surface area contributed by atoms with Gasteiger partial charge in [0.2, 0.25) is 11.8 Å². The van der Waals surface area contributed by atoms with E-state index < -0.39 is 12.0 Å². The molecule has 1 aliphatic carbocycles. The molecule has 1 saturated carbocycles. The van der Waals surface area contributed by atoms with Gasteiger partial charge in [-0.3, -0.25) is 9.59 Å². The summed E-state index contributed by atoms with van der Waals surface area (Å²) >= 11 is 0. The zero-order valence-electron chi connectivity index (χ0n) is 20.6. The minimum absolute atomic E-state index is 0.0829. The largest absolute Gasteiger partial charge is 0.461 e. The number of H-pyrrole nitrogens is 1. The van der Waals surface area contributed by atoms with Gasteiger partial charge in [-0.05, 0) is 68.8 Å². The first-order chi connectivity index (χ1) is 17.5. The van der Waals surface area contributed by atoms with Gasteiger partial charge in [-0.2, -0.15) is 0 Å². The van der Waals surface area contributed by atoms with E-state index in [-0.39, 0.29) is 17.7 Å². The van der Waals surface area contributed by atoms with Crippen LogP contribution in [0.1, 0.15) is 48.7 Å². The minimum Gasteiger partial charge on any atom is -0.461 e. The van der Waals surface area contributed by atoms with Crippen LogP contribution in [-0.4, -0.2) is 42.0 Å². The molecule has 2 amide bonds. The summed E-state index contributed by atoms with van der Waals surface area (Å²) in [5.74, 6) is -0.426. The molecule has 0 unspecified atom stereocenters. The Kier molecular flexibility index (Phi) is 8.38. The first-order valence-corrected chi connectivity index (χ1v) is 12.6. The first-order valence-electron chi connectivity index (χ1n) is 12.6.